The number of carbonyl (C=O) groups excluding carboxylic acids is 1. The van der Waals surface area contributed by atoms with Crippen molar-refractivity contribution in [3.05, 3.63) is 35.4 Å². The summed E-state index contributed by atoms with van der Waals surface area (Å²) in [5.41, 5.74) is 2.94. The van der Waals surface area contributed by atoms with Gasteiger partial charge >= 0.3 is 0 Å². The first-order valence-corrected chi connectivity index (χ1v) is 6.02. The minimum atomic E-state index is 0.475. The third kappa shape index (κ3) is 2.70. The highest BCUT2D eigenvalue weighted by Crippen LogP contribution is 2.19. The molecule has 0 saturated carbocycles. The van der Waals surface area contributed by atoms with E-state index in [1.54, 1.807) is 0 Å². The summed E-state index contributed by atoms with van der Waals surface area (Å²) < 4.78 is 0. The molecule has 1 aliphatic rings. The lowest BCUT2D eigenvalue weighted by atomic mass is 9.98. The van der Waals surface area contributed by atoms with Gasteiger partial charge in [-0.15, -0.1) is 0 Å². The van der Waals surface area contributed by atoms with Crippen molar-refractivity contribution in [1.82, 2.24) is 4.90 Å². The average molecular weight is 217 g/mol. The number of nitrogens with zero attached hydrogens (tertiary/aromatic N) is 1. The van der Waals surface area contributed by atoms with Crippen LogP contribution in [0.2, 0.25) is 0 Å². The first kappa shape index (κ1) is 11.3. The number of hydrogen-bond donors (Lipinski definition) is 0. The van der Waals surface area contributed by atoms with E-state index in [0.29, 0.717) is 12.3 Å². The van der Waals surface area contributed by atoms with Crippen molar-refractivity contribution < 1.29 is 4.79 Å². The van der Waals surface area contributed by atoms with Gasteiger partial charge in [-0.1, -0.05) is 31.2 Å². The summed E-state index contributed by atoms with van der Waals surface area (Å²) in [7, 11) is 0. The molecule has 16 heavy (non-hydrogen) atoms. The molecule has 0 spiro atoms. The fourth-order valence-corrected chi connectivity index (χ4v) is 2.39. The zero-order valence-electron chi connectivity index (χ0n) is 9.86. The maximum atomic E-state index is 10.4. The highest BCUT2D eigenvalue weighted by atomic mass is 16.1. The molecule has 0 fully saturated rings. The van der Waals surface area contributed by atoms with E-state index < -0.39 is 0 Å². The lowest BCUT2D eigenvalue weighted by molar-refractivity contribution is -0.108. The van der Waals surface area contributed by atoms with Gasteiger partial charge in [0.25, 0.3) is 0 Å². The van der Waals surface area contributed by atoms with Crippen LogP contribution in [0.25, 0.3) is 0 Å². The van der Waals surface area contributed by atoms with Gasteiger partial charge in [0, 0.05) is 26.1 Å². The van der Waals surface area contributed by atoms with Crippen LogP contribution in [0, 0.1) is 5.92 Å². The number of rotatable bonds is 4. The Morgan fingerprint density at radius 3 is 2.88 bits per heavy atom. The number of hydrogen-bond acceptors (Lipinski definition) is 2. The second kappa shape index (κ2) is 5.26. The third-order valence-electron chi connectivity index (χ3n) is 3.28. The van der Waals surface area contributed by atoms with Gasteiger partial charge in [-0.2, -0.15) is 0 Å². The predicted molar refractivity (Wildman–Crippen MR) is 65.3 cm³/mol. The normalized spacial score (nSPS) is 17.8. The standard InChI is InChI=1S/C14H19NO/c1-12(7-9-16)10-15-8-6-13-4-2-3-5-14(13)11-15/h2-5,9,12H,6-8,10-11H2,1H3. The van der Waals surface area contributed by atoms with Gasteiger partial charge < -0.3 is 4.79 Å². The summed E-state index contributed by atoms with van der Waals surface area (Å²) in [5, 5.41) is 0. The van der Waals surface area contributed by atoms with Crippen molar-refractivity contribution >= 4 is 6.29 Å². The van der Waals surface area contributed by atoms with E-state index in [9.17, 15) is 4.79 Å². The molecular formula is C14H19NO. The smallest absolute Gasteiger partial charge is 0.120 e. The Morgan fingerprint density at radius 1 is 1.38 bits per heavy atom. The molecule has 0 aromatic heterocycles. The van der Waals surface area contributed by atoms with Crippen molar-refractivity contribution in [2.45, 2.75) is 26.3 Å². The van der Waals surface area contributed by atoms with Gasteiger partial charge in [-0.3, -0.25) is 4.90 Å². The molecular weight excluding hydrogens is 198 g/mol. The third-order valence-corrected chi connectivity index (χ3v) is 3.28. The maximum Gasteiger partial charge on any atom is 0.120 e. The second-order valence-corrected chi connectivity index (χ2v) is 4.76. The van der Waals surface area contributed by atoms with Crippen LogP contribution < -0.4 is 0 Å². The van der Waals surface area contributed by atoms with Crippen LogP contribution in [0.4, 0.5) is 0 Å². The molecule has 1 aliphatic heterocycles. The maximum absolute atomic E-state index is 10.4. The van der Waals surface area contributed by atoms with E-state index in [-0.39, 0.29) is 0 Å². The number of fused-ring (bicyclic) bond motifs is 1. The van der Waals surface area contributed by atoms with Gasteiger partial charge in [0.1, 0.15) is 6.29 Å². The Bertz CT molecular complexity index is 362. The molecule has 1 aromatic carbocycles. The number of benzene rings is 1. The van der Waals surface area contributed by atoms with Gasteiger partial charge in [0.05, 0.1) is 0 Å². The van der Waals surface area contributed by atoms with E-state index in [2.05, 4.69) is 36.1 Å². The molecule has 1 heterocycles. The molecule has 0 saturated heterocycles. The molecule has 1 atom stereocenters. The van der Waals surface area contributed by atoms with Crippen LogP contribution in [0.1, 0.15) is 24.5 Å². The van der Waals surface area contributed by atoms with E-state index >= 15 is 0 Å². The number of aldehydes is 1. The molecule has 2 rings (SSSR count). The van der Waals surface area contributed by atoms with E-state index in [1.165, 1.54) is 11.1 Å². The van der Waals surface area contributed by atoms with Crippen LogP contribution >= 0.6 is 0 Å². The van der Waals surface area contributed by atoms with Crippen molar-refractivity contribution in [2.75, 3.05) is 13.1 Å². The minimum absolute atomic E-state index is 0.475. The average Bonchev–Trinajstić information content (AvgIpc) is 2.29. The highest BCUT2D eigenvalue weighted by molar-refractivity contribution is 5.49. The molecule has 86 valence electrons. The molecule has 0 radical (unpaired) electrons. The van der Waals surface area contributed by atoms with E-state index in [4.69, 9.17) is 0 Å². The Kier molecular flexibility index (Phi) is 3.73. The second-order valence-electron chi connectivity index (χ2n) is 4.76. The Balaban J connectivity index is 1.95. The Hall–Kier alpha value is -1.15. The molecule has 0 bridgehead atoms. The summed E-state index contributed by atoms with van der Waals surface area (Å²) in [6, 6.07) is 8.66. The molecule has 2 nitrogen and oxygen atoms in total. The van der Waals surface area contributed by atoms with Gasteiger partial charge in [-0.05, 0) is 23.5 Å². The number of carbonyl (C=O) groups is 1. The van der Waals surface area contributed by atoms with Crippen LogP contribution in [0.5, 0.6) is 0 Å². The van der Waals surface area contributed by atoms with Crippen LogP contribution in [-0.2, 0) is 17.8 Å². The molecule has 0 aliphatic carbocycles. The monoisotopic (exact) mass is 217 g/mol. The Labute approximate surface area is 97.3 Å². The lowest BCUT2D eigenvalue weighted by Crippen LogP contribution is -2.34. The van der Waals surface area contributed by atoms with E-state index in [1.807, 2.05) is 0 Å². The summed E-state index contributed by atoms with van der Waals surface area (Å²) >= 11 is 0. The summed E-state index contributed by atoms with van der Waals surface area (Å²) in [4.78, 5) is 12.9. The topological polar surface area (TPSA) is 20.3 Å². The SMILES string of the molecule is CC(CC=O)CN1CCc2ccccc2C1. The lowest BCUT2D eigenvalue weighted by Gasteiger charge is -2.30. The first-order valence-electron chi connectivity index (χ1n) is 6.02. The van der Waals surface area contributed by atoms with Gasteiger partial charge in [0.2, 0.25) is 0 Å². The van der Waals surface area contributed by atoms with Crippen molar-refractivity contribution in [3.8, 4) is 0 Å². The van der Waals surface area contributed by atoms with Crippen LogP contribution in [-0.4, -0.2) is 24.3 Å². The summed E-state index contributed by atoms with van der Waals surface area (Å²) in [6.45, 7) is 5.35. The predicted octanol–water partition coefficient (Wildman–Crippen LogP) is 2.27. The summed E-state index contributed by atoms with van der Waals surface area (Å²) in [5.74, 6) is 0.475. The molecule has 2 heteroatoms. The van der Waals surface area contributed by atoms with Crippen molar-refractivity contribution in [3.63, 3.8) is 0 Å². The Morgan fingerprint density at radius 2 is 2.12 bits per heavy atom. The fraction of sp³-hybridized carbons (Fsp3) is 0.500. The quantitative estimate of drug-likeness (QED) is 0.721. The first-order chi connectivity index (χ1) is 7.79. The van der Waals surface area contributed by atoms with Gasteiger partial charge in [-0.25, -0.2) is 0 Å². The van der Waals surface area contributed by atoms with E-state index in [0.717, 1.165) is 32.3 Å². The largest absolute Gasteiger partial charge is 0.303 e. The molecule has 0 amide bonds. The fourth-order valence-electron chi connectivity index (χ4n) is 2.39. The highest BCUT2D eigenvalue weighted by Gasteiger charge is 2.17. The molecule has 0 N–H and O–H groups in total. The zero-order chi connectivity index (χ0) is 11.4. The molecule has 1 unspecified atom stereocenters. The van der Waals surface area contributed by atoms with Crippen molar-refractivity contribution in [1.29, 1.82) is 0 Å². The van der Waals surface area contributed by atoms with Crippen molar-refractivity contribution in [2.24, 2.45) is 5.92 Å². The summed E-state index contributed by atoms with van der Waals surface area (Å²) in [6.07, 6.45) is 2.85. The van der Waals surface area contributed by atoms with Crippen LogP contribution in [0.3, 0.4) is 0 Å². The van der Waals surface area contributed by atoms with Crippen LogP contribution in [0.15, 0.2) is 24.3 Å². The van der Waals surface area contributed by atoms with Gasteiger partial charge in [0.15, 0.2) is 0 Å². The zero-order valence-corrected chi connectivity index (χ0v) is 9.86. The minimum Gasteiger partial charge on any atom is -0.303 e. The molecule has 1 aromatic rings.